The number of rotatable bonds is 3. The van der Waals surface area contributed by atoms with Crippen molar-refractivity contribution in [3.8, 4) is 0 Å². The predicted molar refractivity (Wildman–Crippen MR) is 54.4 cm³/mol. The fourth-order valence-electron chi connectivity index (χ4n) is 0.805. The van der Waals surface area contributed by atoms with Crippen molar-refractivity contribution in [3.63, 3.8) is 0 Å². The number of halogens is 4. The Labute approximate surface area is 102 Å². The van der Waals surface area contributed by atoms with Gasteiger partial charge in [0.2, 0.25) is 0 Å². The first kappa shape index (κ1) is 13.9. The van der Waals surface area contributed by atoms with Crippen LogP contribution < -0.4 is 0 Å². The molecule has 0 aromatic carbocycles. The van der Waals surface area contributed by atoms with E-state index >= 15 is 0 Å². The van der Waals surface area contributed by atoms with Gasteiger partial charge in [-0.25, -0.2) is 4.98 Å². The zero-order chi connectivity index (χ0) is 12.6. The van der Waals surface area contributed by atoms with Crippen LogP contribution in [-0.4, -0.2) is 19.7 Å². The van der Waals surface area contributed by atoms with Gasteiger partial charge in [-0.15, -0.1) is 11.3 Å². The molecule has 0 aliphatic rings. The second-order valence-electron chi connectivity index (χ2n) is 2.71. The molecule has 10 heteroatoms. The normalized spacial score (nSPS) is 13.1. The van der Waals surface area contributed by atoms with E-state index in [-0.39, 0.29) is 3.92 Å². The van der Waals surface area contributed by atoms with Gasteiger partial charge in [-0.1, -0.05) is 0 Å². The van der Waals surface area contributed by atoms with Gasteiger partial charge in [0.15, 0.2) is 3.92 Å². The van der Waals surface area contributed by atoms with Crippen molar-refractivity contribution in [3.05, 3.63) is 14.5 Å². The average molecular weight is 340 g/mol. The van der Waals surface area contributed by atoms with E-state index in [1.165, 1.54) is 0 Å². The predicted octanol–water partition coefficient (Wildman–Crippen LogP) is 2.40. The molecule has 0 saturated carbocycles. The molecule has 4 nitrogen and oxygen atoms in total. The minimum absolute atomic E-state index is 0.0203. The van der Waals surface area contributed by atoms with E-state index in [1.807, 2.05) is 0 Å². The molecule has 16 heavy (non-hydrogen) atoms. The minimum atomic E-state index is -4.57. The highest BCUT2D eigenvalue weighted by molar-refractivity contribution is 9.11. The largest absolute Gasteiger partial charge is 0.427 e. The molecule has 0 bridgehead atoms. The van der Waals surface area contributed by atoms with Gasteiger partial charge in [0.25, 0.3) is 10.1 Å². The van der Waals surface area contributed by atoms with Crippen molar-refractivity contribution in [2.24, 2.45) is 0 Å². The molecule has 0 spiro atoms. The van der Waals surface area contributed by atoms with Crippen LogP contribution in [-0.2, 0) is 27.1 Å². The van der Waals surface area contributed by atoms with E-state index in [4.69, 9.17) is 0 Å². The lowest BCUT2D eigenvalue weighted by Gasteiger charge is -2.05. The van der Waals surface area contributed by atoms with Gasteiger partial charge >= 0.3 is 6.18 Å². The van der Waals surface area contributed by atoms with E-state index in [9.17, 15) is 21.6 Å². The summed E-state index contributed by atoms with van der Waals surface area (Å²) in [5.41, 5.74) is -0.449. The fraction of sp³-hybridized carbons (Fsp3) is 0.500. The number of hydrogen-bond donors (Lipinski definition) is 0. The molecular formula is C6H5BrF3NO3S2. The molecule has 0 amide bonds. The second kappa shape index (κ2) is 4.59. The minimum Gasteiger partial charge on any atom is -0.264 e. The molecular weight excluding hydrogens is 335 g/mol. The molecule has 0 aliphatic carbocycles. The van der Waals surface area contributed by atoms with E-state index in [1.54, 1.807) is 0 Å². The first-order valence-corrected chi connectivity index (χ1v) is 7.09. The Hall–Kier alpha value is -0.190. The lowest BCUT2D eigenvalue weighted by Crippen LogP contribution is -2.09. The highest BCUT2D eigenvalue weighted by Crippen LogP contribution is 2.38. The van der Waals surface area contributed by atoms with E-state index in [0.29, 0.717) is 11.3 Å². The highest BCUT2D eigenvalue weighted by atomic mass is 79.9. The summed E-state index contributed by atoms with van der Waals surface area (Å²) in [6.07, 6.45) is -3.82. The van der Waals surface area contributed by atoms with Crippen molar-refractivity contribution in [1.29, 1.82) is 0 Å². The van der Waals surface area contributed by atoms with Gasteiger partial charge in [0.05, 0.1) is 11.9 Å². The molecule has 0 radical (unpaired) electrons. The number of aromatic nitrogens is 1. The number of thiazole rings is 1. The summed E-state index contributed by atoms with van der Waals surface area (Å²) in [6, 6.07) is 0. The number of hydrogen-bond acceptors (Lipinski definition) is 5. The van der Waals surface area contributed by atoms with Gasteiger partial charge in [-0.2, -0.15) is 21.6 Å². The molecule has 0 unspecified atom stereocenters. The SMILES string of the molecule is CS(=O)(=O)OCc1nc(Br)sc1C(F)(F)F. The molecule has 1 rings (SSSR count). The van der Waals surface area contributed by atoms with Crippen LogP contribution in [0.1, 0.15) is 10.6 Å². The van der Waals surface area contributed by atoms with Crippen LogP contribution in [0.25, 0.3) is 0 Å². The molecule has 0 saturated heterocycles. The quantitative estimate of drug-likeness (QED) is 0.793. The zero-order valence-electron chi connectivity index (χ0n) is 7.71. The van der Waals surface area contributed by atoms with Crippen LogP contribution in [0, 0.1) is 0 Å². The summed E-state index contributed by atoms with van der Waals surface area (Å²) in [6.45, 7) is -0.726. The molecule has 0 atom stereocenters. The van der Waals surface area contributed by atoms with E-state index in [0.717, 1.165) is 6.26 Å². The van der Waals surface area contributed by atoms with Crippen molar-refractivity contribution in [2.45, 2.75) is 12.8 Å². The summed E-state index contributed by atoms with van der Waals surface area (Å²) in [5, 5.41) is 0. The topological polar surface area (TPSA) is 56.3 Å². The summed E-state index contributed by atoms with van der Waals surface area (Å²) in [5.74, 6) is 0. The highest BCUT2D eigenvalue weighted by Gasteiger charge is 2.37. The maximum atomic E-state index is 12.4. The monoisotopic (exact) mass is 339 g/mol. The van der Waals surface area contributed by atoms with Crippen LogP contribution >= 0.6 is 27.3 Å². The molecule has 0 fully saturated rings. The number of alkyl halides is 3. The molecule has 0 aliphatic heterocycles. The van der Waals surface area contributed by atoms with Crippen LogP contribution in [0.15, 0.2) is 3.92 Å². The van der Waals surface area contributed by atoms with E-state index < -0.39 is 33.5 Å². The van der Waals surface area contributed by atoms with Gasteiger partial charge < -0.3 is 0 Å². The standard InChI is InChI=1S/C6H5BrF3NO3S2/c1-16(12,13)14-2-3-4(6(8,9)10)15-5(7)11-3/h2H2,1H3. The van der Waals surface area contributed by atoms with Crippen LogP contribution in [0.5, 0.6) is 0 Å². The Morgan fingerprint density at radius 1 is 1.50 bits per heavy atom. The maximum absolute atomic E-state index is 12.4. The molecule has 92 valence electrons. The van der Waals surface area contributed by atoms with E-state index in [2.05, 4.69) is 25.1 Å². The summed E-state index contributed by atoms with van der Waals surface area (Å²) < 4.78 is 62.8. The molecule has 1 aromatic heterocycles. The van der Waals surface area contributed by atoms with Crippen LogP contribution in [0.2, 0.25) is 0 Å². The zero-order valence-corrected chi connectivity index (χ0v) is 10.9. The lowest BCUT2D eigenvalue weighted by atomic mass is 10.4. The first-order chi connectivity index (χ1) is 7.09. The lowest BCUT2D eigenvalue weighted by molar-refractivity contribution is -0.135. The molecule has 0 N–H and O–H groups in total. The maximum Gasteiger partial charge on any atom is 0.427 e. The Bertz CT molecular complexity index is 482. The number of nitrogens with zero attached hydrogens (tertiary/aromatic N) is 1. The summed E-state index contributed by atoms with van der Waals surface area (Å²) >= 11 is 3.18. The Balaban J connectivity index is 2.96. The van der Waals surface area contributed by atoms with Crippen molar-refractivity contribution >= 4 is 37.4 Å². The third kappa shape index (κ3) is 4.00. The Morgan fingerprint density at radius 2 is 2.06 bits per heavy atom. The van der Waals surface area contributed by atoms with Gasteiger partial charge in [-0.05, 0) is 15.9 Å². The summed E-state index contributed by atoms with van der Waals surface area (Å²) in [7, 11) is -3.79. The Kier molecular flexibility index (Phi) is 3.98. The fourth-order valence-corrected chi connectivity index (χ4v) is 2.49. The van der Waals surface area contributed by atoms with Gasteiger partial charge in [-0.3, -0.25) is 4.18 Å². The summed E-state index contributed by atoms with van der Waals surface area (Å²) in [4.78, 5) is 2.54. The smallest absolute Gasteiger partial charge is 0.264 e. The Morgan fingerprint density at radius 3 is 2.50 bits per heavy atom. The molecule has 1 heterocycles. The van der Waals surface area contributed by atoms with Crippen LogP contribution in [0.3, 0.4) is 0 Å². The third-order valence-electron chi connectivity index (χ3n) is 1.34. The average Bonchev–Trinajstić information content (AvgIpc) is 2.41. The first-order valence-electron chi connectivity index (χ1n) is 3.66. The van der Waals surface area contributed by atoms with Crippen LogP contribution in [0.4, 0.5) is 13.2 Å². The molecule has 1 aromatic rings. The van der Waals surface area contributed by atoms with Gasteiger partial charge in [0, 0.05) is 0 Å². The van der Waals surface area contributed by atoms with Crippen molar-refractivity contribution in [2.75, 3.05) is 6.26 Å². The van der Waals surface area contributed by atoms with Crippen molar-refractivity contribution in [1.82, 2.24) is 4.98 Å². The van der Waals surface area contributed by atoms with Crippen molar-refractivity contribution < 1.29 is 25.8 Å². The van der Waals surface area contributed by atoms with Gasteiger partial charge in [0.1, 0.15) is 11.5 Å². The second-order valence-corrected chi connectivity index (χ2v) is 6.63. The third-order valence-corrected chi connectivity index (χ3v) is 3.48.